The quantitative estimate of drug-likeness (QED) is 0.879. The van der Waals surface area contributed by atoms with Crippen molar-refractivity contribution in [3.05, 3.63) is 33.3 Å². The van der Waals surface area contributed by atoms with Gasteiger partial charge >= 0.3 is 0 Å². The fourth-order valence-corrected chi connectivity index (χ4v) is 1.96. The molecule has 1 aromatic carbocycles. The van der Waals surface area contributed by atoms with Crippen LogP contribution in [0.1, 0.15) is 24.4 Å². The van der Waals surface area contributed by atoms with Crippen molar-refractivity contribution in [1.82, 2.24) is 0 Å². The first-order valence-electron chi connectivity index (χ1n) is 4.39. The van der Waals surface area contributed by atoms with E-state index < -0.39 is 0 Å². The molecule has 1 aromatic rings. The van der Waals surface area contributed by atoms with Crippen molar-refractivity contribution in [3.8, 4) is 0 Å². The van der Waals surface area contributed by atoms with Crippen molar-refractivity contribution in [1.29, 1.82) is 0 Å². The SMILES string of the molecule is Cl.N[C@H](c1ccc(Cl)c(Br)c1)C1CC1. The van der Waals surface area contributed by atoms with E-state index in [1.807, 2.05) is 18.2 Å². The Morgan fingerprint density at radius 3 is 2.57 bits per heavy atom. The summed E-state index contributed by atoms with van der Waals surface area (Å²) in [7, 11) is 0. The molecule has 1 aliphatic carbocycles. The molecule has 0 aromatic heterocycles. The van der Waals surface area contributed by atoms with Crippen molar-refractivity contribution < 1.29 is 0 Å². The van der Waals surface area contributed by atoms with Gasteiger partial charge in [0.05, 0.1) is 5.02 Å². The minimum absolute atomic E-state index is 0. The first kappa shape index (κ1) is 12.3. The van der Waals surface area contributed by atoms with E-state index in [1.54, 1.807) is 0 Å². The lowest BCUT2D eigenvalue weighted by molar-refractivity contribution is 0.633. The van der Waals surface area contributed by atoms with E-state index in [0.717, 1.165) is 9.50 Å². The van der Waals surface area contributed by atoms with Crippen LogP contribution in [0, 0.1) is 5.92 Å². The van der Waals surface area contributed by atoms with Crippen molar-refractivity contribution in [3.63, 3.8) is 0 Å². The molecule has 1 nitrogen and oxygen atoms in total. The van der Waals surface area contributed by atoms with Crippen molar-refractivity contribution in [2.75, 3.05) is 0 Å². The molecule has 0 amide bonds. The van der Waals surface area contributed by atoms with Gasteiger partial charge in [-0.2, -0.15) is 0 Å². The highest BCUT2D eigenvalue weighted by Gasteiger charge is 2.29. The Bertz CT molecular complexity index is 326. The van der Waals surface area contributed by atoms with E-state index in [9.17, 15) is 0 Å². The highest BCUT2D eigenvalue weighted by molar-refractivity contribution is 9.10. The summed E-state index contributed by atoms with van der Waals surface area (Å²) in [6, 6.07) is 6.11. The van der Waals surface area contributed by atoms with E-state index in [0.29, 0.717) is 5.92 Å². The highest BCUT2D eigenvalue weighted by Crippen LogP contribution is 2.40. The molecule has 0 spiro atoms. The number of nitrogens with two attached hydrogens (primary N) is 1. The molecule has 0 radical (unpaired) electrons. The molecule has 0 bridgehead atoms. The maximum Gasteiger partial charge on any atom is 0.0548 e. The molecule has 2 rings (SSSR count). The molecule has 1 atom stereocenters. The zero-order valence-corrected chi connectivity index (χ0v) is 10.7. The summed E-state index contributed by atoms with van der Waals surface area (Å²) in [6.45, 7) is 0. The van der Waals surface area contributed by atoms with E-state index in [1.165, 1.54) is 18.4 Å². The minimum Gasteiger partial charge on any atom is -0.324 e. The molecule has 78 valence electrons. The van der Waals surface area contributed by atoms with E-state index >= 15 is 0 Å². The normalized spacial score (nSPS) is 17.4. The maximum atomic E-state index is 6.06. The van der Waals surface area contributed by atoms with E-state index in [-0.39, 0.29) is 18.4 Å². The van der Waals surface area contributed by atoms with Crippen LogP contribution in [0.2, 0.25) is 5.02 Å². The Morgan fingerprint density at radius 2 is 2.07 bits per heavy atom. The van der Waals surface area contributed by atoms with Gasteiger partial charge in [-0.25, -0.2) is 0 Å². The molecular formula is C10H12BrCl2N. The van der Waals surface area contributed by atoms with Gasteiger partial charge in [-0.3, -0.25) is 0 Å². The van der Waals surface area contributed by atoms with Crippen LogP contribution in [0.15, 0.2) is 22.7 Å². The summed E-state index contributed by atoms with van der Waals surface area (Å²) in [6.07, 6.45) is 2.53. The summed E-state index contributed by atoms with van der Waals surface area (Å²) in [5.74, 6) is 0.688. The largest absolute Gasteiger partial charge is 0.324 e. The maximum absolute atomic E-state index is 6.06. The molecule has 1 saturated carbocycles. The van der Waals surface area contributed by atoms with Gasteiger partial charge in [-0.05, 0) is 52.4 Å². The fourth-order valence-electron chi connectivity index (χ4n) is 1.45. The second-order valence-electron chi connectivity index (χ2n) is 3.54. The van der Waals surface area contributed by atoms with Gasteiger partial charge in [0.25, 0.3) is 0 Å². The lowest BCUT2D eigenvalue weighted by Gasteiger charge is -2.11. The van der Waals surface area contributed by atoms with Gasteiger partial charge < -0.3 is 5.73 Å². The zero-order chi connectivity index (χ0) is 9.42. The number of benzene rings is 1. The summed E-state index contributed by atoms with van der Waals surface area (Å²) in [5, 5.41) is 0.742. The lowest BCUT2D eigenvalue weighted by atomic mass is 10.0. The van der Waals surface area contributed by atoms with Crippen LogP contribution in [0.5, 0.6) is 0 Å². The Hall–Kier alpha value is 0.240. The van der Waals surface area contributed by atoms with Crippen LogP contribution < -0.4 is 5.73 Å². The van der Waals surface area contributed by atoms with Crippen LogP contribution in [0.4, 0.5) is 0 Å². The smallest absolute Gasteiger partial charge is 0.0548 e. The van der Waals surface area contributed by atoms with Gasteiger partial charge in [0.15, 0.2) is 0 Å². The Labute approximate surface area is 104 Å². The molecular weight excluding hydrogens is 285 g/mol. The predicted molar refractivity (Wildman–Crippen MR) is 66.1 cm³/mol. The molecule has 0 aliphatic heterocycles. The fraction of sp³-hybridized carbons (Fsp3) is 0.400. The first-order chi connectivity index (χ1) is 6.18. The van der Waals surface area contributed by atoms with Gasteiger partial charge in [0.2, 0.25) is 0 Å². The van der Waals surface area contributed by atoms with Crippen LogP contribution in [0.3, 0.4) is 0 Å². The molecule has 0 saturated heterocycles. The van der Waals surface area contributed by atoms with Gasteiger partial charge in [0.1, 0.15) is 0 Å². The monoisotopic (exact) mass is 295 g/mol. The summed E-state index contributed by atoms with van der Waals surface area (Å²) in [4.78, 5) is 0. The van der Waals surface area contributed by atoms with Crippen LogP contribution >= 0.6 is 39.9 Å². The van der Waals surface area contributed by atoms with Crippen LogP contribution in [-0.2, 0) is 0 Å². The van der Waals surface area contributed by atoms with Gasteiger partial charge in [-0.15, -0.1) is 12.4 Å². The second-order valence-corrected chi connectivity index (χ2v) is 4.80. The third kappa shape index (κ3) is 2.63. The summed E-state index contributed by atoms with van der Waals surface area (Å²) in [5.41, 5.74) is 7.23. The highest BCUT2D eigenvalue weighted by atomic mass is 79.9. The molecule has 0 heterocycles. The Balaban J connectivity index is 0.000000980. The first-order valence-corrected chi connectivity index (χ1v) is 5.56. The molecule has 1 fully saturated rings. The average molecular weight is 297 g/mol. The number of halogens is 3. The second kappa shape index (κ2) is 4.84. The summed E-state index contributed by atoms with van der Waals surface area (Å²) < 4.78 is 0.933. The molecule has 1 aliphatic rings. The zero-order valence-electron chi connectivity index (χ0n) is 7.54. The van der Waals surface area contributed by atoms with Crippen LogP contribution in [-0.4, -0.2) is 0 Å². The number of hydrogen-bond donors (Lipinski definition) is 1. The molecule has 0 unspecified atom stereocenters. The van der Waals surface area contributed by atoms with Crippen molar-refractivity contribution >= 4 is 39.9 Å². The van der Waals surface area contributed by atoms with Gasteiger partial charge in [0, 0.05) is 10.5 Å². The third-order valence-electron chi connectivity index (χ3n) is 2.46. The minimum atomic E-state index is 0. The van der Waals surface area contributed by atoms with Crippen molar-refractivity contribution in [2.24, 2.45) is 11.7 Å². The molecule has 2 N–H and O–H groups in total. The standard InChI is InChI=1S/C10H11BrClN.ClH/c11-8-5-7(3-4-9(8)12)10(13)6-1-2-6;/h3-6,10H,1-2,13H2;1H/t10-;/m0./s1. The molecule has 4 heteroatoms. The third-order valence-corrected chi connectivity index (χ3v) is 3.67. The van der Waals surface area contributed by atoms with E-state index in [2.05, 4.69) is 15.9 Å². The van der Waals surface area contributed by atoms with Gasteiger partial charge in [-0.1, -0.05) is 17.7 Å². The Morgan fingerprint density at radius 1 is 1.43 bits per heavy atom. The van der Waals surface area contributed by atoms with Crippen LogP contribution in [0.25, 0.3) is 0 Å². The summed E-state index contributed by atoms with van der Waals surface area (Å²) >= 11 is 9.29. The topological polar surface area (TPSA) is 26.0 Å². The predicted octanol–water partition coefficient (Wildman–Crippen LogP) is 3.93. The number of hydrogen-bond acceptors (Lipinski definition) is 1. The lowest BCUT2D eigenvalue weighted by Crippen LogP contribution is -2.12. The van der Waals surface area contributed by atoms with Crippen molar-refractivity contribution in [2.45, 2.75) is 18.9 Å². The Kier molecular flexibility index (Phi) is 4.26. The van der Waals surface area contributed by atoms with E-state index in [4.69, 9.17) is 17.3 Å². The molecule has 14 heavy (non-hydrogen) atoms. The number of rotatable bonds is 2. The average Bonchev–Trinajstić information content (AvgIpc) is 2.91.